The molecule has 0 amide bonds. The van der Waals surface area contributed by atoms with Crippen molar-refractivity contribution in [2.24, 2.45) is 0 Å². The molecule has 0 spiro atoms. The van der Waals surface area contributed by atoms with Gasteiger partial charge in [-0.15, -0.1) is 0 Å². The topological polar surface area (TPSA) is 39.7 Å². The summed E-state index contributed by atoms with van der Waals surface area (Å²) in [5, 5.41) is 3.10. The standard InChI is InChI=1S/C12H17NO3S/c1-14-7-6-13-12(17)10-5-4-9(15-2)8-11(10)16-3/h4-5,8H,6-7H2,1-3H3,(H,13,17). The molecule has 0 atom stereocenters. The minimum Gasteiger partial charge on any atom is -0.497 e. The second-order valence-corrected chi connectivity index (χ2v) is 3.72. The third kappa shape index (κ3) is 3.87. The van der Waals surface area contributed by atoms with E-state index in [0.717, 1.165) is 11.3 Å². The van der Waals surface area contributed by atoms with Gasteiger partial charge in [0.1, 0.15) is 16.5 Å². The summed E-state index contributed by atoms with van der Waals surface area (Å²) < 4.78 is 15.4. The highest BCUT2D eigenvalue weighted by Gasteiger charge is 2.09. The highest BCUT2D eigenvalue weighted by atomic mass is 32.1. The highest BCUT2D eigenvalue weighted by Crippen LogP contribution is 2.24. The van der Waals surface area contributed by atoms with Gasteiger partial charge in [0.05, 0.1) is 26.4 Å². The van der Waals surface area contributed by atoms with Crippen LogP contribution in [-0.4, -0.2) is 39.5 Å². The molecule has 0 aliphatic carbocycles. The largest absolute Gasteiger partial charge is 0.497 e. The number of benzene rings is 1. The van der Waals surface area contributed by atoms with E-state index in [9.17, 15) is 0 Å². The molecule has 0 aliphatic rings. The smallest absolute Gasteiger partial charge is 0.132 e. The Kier molecular flexibility index (Phi) is 5.72. The fourth-order valence-corrected chi connectivity index (χ4v) is 1.62. The maximum atomic E-state index is 5.28. The Bertz CT molecular complexity index is 382. The lowest BCUT2D eigenvalue weighted by Gasteiger charge is -2.12. The maximum absolute atomic E-state index is 5.28. The Hall–Kier alpha value is -1.33. The lowest BCUT2D eigenvalue weighted by atomic mass is 10.2. The van der Waals surface area contributed by atoms with Crippen LogP contribution in [0.2, 0.25) is 0 Å². The van der Waals surface area contributed by atoms with Gasteiger partial charge in [-0.25, -0.2) is 0 Å². The van der Waals surface area contributed by atoms with Crippen molar-refractivity contribution in [3.8, 4) is 11.5 Å². The predicted octanol–water partition coefficient (Wildman–Crippen LogP) is 1.62. The minimum atomic E-state index is 0.610. The van der Waals surface area contributed by atoms with Crippen molar-refractivity contribution >= 4 is 17.2 Å². The second kappa shape index (κ2) is 7.09. The zero-order chi connectivity index (χ0) is 12.7. The molecule has 5 heteroatoms. The summed E-state index contributed by atoms with van der Waals surface area (Å²) in [6, 6.07) is 5.53. The Morgan fingerprint density at radius 1 is 1.24 bits per heavy atom. The monoisotopic (exact) mass is 255 g/mol. The molecular weight excluding hydrogens is 238 g/mol. The summed E-state index contributed by atoms with van der Waals surface area (Å²) in [5.74, 6) is 1.43. The summed E-state index contributed by atoms with van der Waals surface area (Å²) >= 11 is 5.28. The first-order chi connectivity index (χ1) is 8.22. The molecule has 0 saturated heterocycles. The SMILES string of the molecule is COCCNC(=S)c1ccc(OC)cc1OC. The summed E-state index contributed by atoms with van der Waals surface area (Å²) in [7, 11) is 4.87. The van der Waals surface area contributed by atoms with E-state index >= 15 is 0 Å². The fraction of sp³-hybridized carbons (Fsp3) is 0.417. The van der Waals surface area contributed by atoms with E-state index in [1.807, 2.05) is 12.1 Å². The van der Waals surface area contributed by atoms with Gasteiger partial charge in [-0.1, -0.05) is 12.2 Å². The zero-order valence-corrected chi connectivity index (χ0v) is 11.1. The van der Waals surface area contributed by atoms with E-state index in [0.29, 0.717) is 23.9 Å². The van der Waals surface area contributed by atoms with Gasteiger partial charge in [-0.3, -0.25) is 0 Å². The first kappa shape index (κ1) is 13.7. The van der Waals surface area contributed by atoms with E-state index < -0.39 is 0 Å². The Morgan fingerprint density at radius 2 is 2.00 bits per heavy atom. The number of hydrogen-bond acceptors (Lipinski definition) is 4. The molecule has 0 aliphatic heterocycles. The van der Waals surface area contributed by atoms with Crippen LogP contribution in [0.3, 0.4) is 0 Å². The minimum absolute atomic E-state index is 0.610. The average Bonchev–Trinajstić information content (AvgIpc) is 2.38. The zero-order valence-electron chi connectivity index (χ0n) is 10.3. The molecule has 1 aromatic rings. The number of thiocarbonyl (C=S) groups is 1. The van der Waals surface area contributed by atoms with Crippen LogP contribution < -0.4 is 14.8 Å². The first-order valence-corrected chi connectivity index (χ1v) is 5.63. The molecule has 0 heterocycles. The Balaban J connectivity index is 2.78. The number of hydrogen-bond donors (Lipinski definition) is 1. The van der Waals surface area contributed by atoms with Gasteiger partial charge in [-0.2, -0.15) is 0 Å². The molecule has 17 heavy (non-hydrogen) atoms. The van der Waals surface area contributed by atoms with Crippen LogP contribution >= 0.6 is 12.2 Å². The summed E-state index contributed by atoms with van der Waals surface area (Å²) in [6.07, 6.45) is 0. The molecule has 4 nitrogen and oxygen atoms in total. The highest BCUT2D eigenvalue weighted by molar-refractivity contribution is 7.80. The van der Waals surface area contributed by atoms with Crippen LogP contribution in [0, 0.1) is 0 Å². The van der Waals surface area contributed by atoms with Gasteiger partial charge >= 0.3 is 0 Å². The summed E-state index contributed by atoms with van der Waals surface area (Å²) in [6.45, 7) is 1.28. The lowest BCUT2D eigenvalue weighted by molar-refractivity contribution is 0.204. The molecule has 1 rings (SSSR count). The van der Waals surface area contributed by atoms with Crippen molar-refractivity contribution in [2.45, 2.75) is 0 Å². The quantitative estimate of drug-likeness (QED) is 0.618. The maximum Gasteiger partial charge on any atom is 0.132 e. The van der Waals surface area contributed by atoms with E-state index in [4.69, 9.17) is 26.4 Å². The molecule has 0 aromatic heterocycles. The molecule has 0 unspecified atom stereocenters. The molecular formula is C12H17NO3S. The Morgan fingerprint density at radius 3 is 2.59 bits per heavy atom. The first-order valence-electron chi connectivity index (χ1n) is 5.22. The van der Waals surface area contributed by atoms with Gasteiger partial charge in [0, 0.05) is 19.7 Å². The van der Waals surface area contributed by atoms with Gasteiger partial charge in [0.15, 0.2) is 0 Å². The lowest BCUT2D eigenvalue weighted by Crippen LogP contribution is -2.26. The molecule has 0 radical (unpaired) electrons. The van der Waals surface area contributed by atoms with E-state index in [2.05, 4.69) is 5.32 Å². The number of methoxy groups -OCH3 is 3. The third-order valence-electron chi connectivity index (χ3n) is 2.25. The predicted molar refractivity (Wildman–Crippen MR) is 71.1 cm³/mol. The summed E-state index contributed by atoms with van der Waals surface area (Å²) in [5.41, 5.74) is 0.847. The van der Waals surface area contributed by atoms with Gasteiger partial charge in [-0.05, 0) is 12.1 Å². The molecule has 0 saturated carbocycles. The molecule has 1 N–H and O–H groups in total. The fourth-order valence-electron chi connectivity index (χ4n) is 1.35. The van der Waals surface area contributed by atoms with Crippen LogP contribution in [-0.2, 0) is 4.74 Å². The van der Waals surface area contributed by atoms with Crippen LogP contribution in [0.5, 0.6) is 11.5 Å². The van der Waals surface area contributed by atoms with Crippen molar-refractivity contribution in [3.05, 3.63) is 23.8 Å². The molecule has 94 valence electrons. The number of nitrogens with one attached hydrogen (secondary N) is 1. The van der Waals surface area contributed by atoms with Crippen LogP contribution in [0.4, 0.5) is 0 Å². The summed E-state index contributed by atoms with van der Waals surface area (Å²) in [4.78, 5) is 0.640. The molecule has 0 bridgehead atoms. The van der Waals surface area contributed by atoms with Crippen LogP contribution in [0.25, 0.3) is 0 Å². The van der Waals surface area contributed by atoms with Gasteiger partial charge in [0.2, 0.25) is 0 Å². The second-order valence-electron chi connectivity index (χ2n) is 3.31. The van der Waals surface area contributed by atoms with E-state index in [1.54, 1.807) is 27.4 Å². The van der Waals surface area contributed by atoms with E-state index in [-0.39, 0.29) is 0 Å². The molecule has 0 fully saturated rings. The number of ether oxygens (including phenoxy) is 3. The van der Waals surface area contributed by atoms with Gasteiger partial charge in [0.25, 0.3) is 0 Å². The van der Waals surface area contributed by atoms with Crippen molar-refractivity contribution in [3.63, 3.8) is 0 Å². The van der Waals surface area contributed by atoms with Crippen LogP contribution in [0.15, 0.2) is 18.2 Å². The van der Waals surface area contributed by atoms with E-state index in [1.165, 1.54) is 0 Å². The van der Waals surface area contributed by atoms with Crippen molar-refractivity contribution in [1.29, 1.82) is 0 Å². The Labute approximate surface area is 107 Å². The average molecular weight is 255 g/mol. The van der Waals surface area contributed by atoms with Crippen molar-refractivity contribution in [1.82, 2.24) is 5.32 Å². The van der Waals surface area contributed by atoms with Crippen molar-refractivity contribution < 1.29 is 14.2 Å². The van der Waals surface area contributed by atoms with Crippen LogP contribution in [0.1, 0.15) is 5.56 Å². The molecule has 1 aromatic carbocycles. The third-order valence-corrected chi connectivity index (χ3v) is 2.61. The normalized spacial score (nSPS) is 9.82. The van der Waals surface area contributed by atoms with Gasteiger partial charge < -0.3 is 19.5 Å². The number of rotatable bonds is 6. The van der Waals surface area contributed by atoms with Crippen molar-refractivity contribution in [2.75, 3.05) is 34.5 Å².